The Labute approximate surface area is 159 Å². The lowest BCUT2D eigenvalue weighted by atomic mass is 10.2. The number of aromatic nitrogens is 3. The highest BCUT2D eigenvalue weighted by Gasteiger charge is 2.19. The Balaban J connectivity index is 1.69. The van der Waals surface area contributed by atoms with Crippen molar-refractivity contribution in [2.75, 3.05) is 0 Å². The van der Waals surface area contributed by atoms with E-state index in [9.17, 15) is 14.7 Å². The minimum absolute atomic E-state index is 0.0880. The van der Waals surface area contributed by atoms with Crippen LogP contribution in [0.15, 0.2) is 69.9 Å². The number of carbonyl (C=O) groups excluding carboxylic acids is 1. The Morgan fingerprint density at radius 2 is 1.79 bits per heavy atom. The summed E-state index contributed by atoms with van der Waals surface area (Å²) in [5.41, 5.74) is 1.22. The third kappa shape index (κ3) is 2.75. The van der Waals surface area contributed by atoms with E-state index in [1.807, 2.05) is 18.2 Å². The average molecular weight is 375 g/mol. The van der Waals surface area contributed by atoms with Gasteiger partial charge in [-0.15, -0.1) is 10.2 Å². The average Bonchev–Trinajstić information content (AvgIpc) is 2.96. The molecule has 2 aromatic heterocycles. The number of azo groups is 1. The minimum Gasteiger partial charge on any atom is -0.493 e. The van der Waals surface area contributed by atoms with Crippen LogP contribution in [0.3, 0.4) is 0 Å². The molecule has 4 aromatic rings. The number of amides is 1. The smallest absolute Gasteiger partial charge is 0.287 e. The SMILES string of the molecule is C[C@H](C(=O)N=Nc1c(O)n(C)c2ccccc12)n1cnc2ccccc2c1=O. The summed E-state index contributed by atoms with van der Waals surface area (Å²) in [5.74, 6) is -0.707. The number of fused-ring (bicyclic) bond motifs is 2. The van der Waals surface area contributed by atoms with E-state index in [-0.39, 0.29) is 17.1 Å². The molecule has 28 heavy (non-hydrogen) atoms. The molecular weight excluding hydrogens is 358 g/mol. The molecule has 2 heterocycles. The first-order chi connectivity index (χ1) is 13.5. The number of para-hydroxylation sites is 2. The molecule has 1 amide bonds. The van der Waals surface area contributed by atoms with Gasteiger partial charge in [0.1, 0.15) is 6.04 Å². The van der Waals surface area contributed by atoms with Gasteiger partial charge in [-0.25, -0.2) is 4.98 Å². The summed E-state index contributed by atoms with van der Waals surface area (Å²) >= 11 is 0. The van der Waals surface area contributed by atoms with E-state index < -0.39 is 11.9 Å². The van der Waals surface area contributed by atoms with Crippen molar-refractivity contribution in [3.05, 3.63) is 65.2 Å². The maximum absolute atomic E-state index is 12.6. The lowest BCUT2D eigenvalue weighted by Crippen LogP contribution is -2.27. The van der Waals surface area contributed by atoms with Gasteiger partial charge >= 0.3 is 0 Å². The van der Waals surface area contributed by atoms with Crippen molar-refractivity contribution in [2.24, 2.45) is 17.3 Å². The fourth-order valence-electron chi connectivity index (χ4n) is 3.12. The number of aryl methyl sites for hydroxylation is 1. The number of benzene rings is 2. The second-order valence-electron chi connectivity index (χ2n) is 6.44. The zero-order chi connectivity index (χ0) is 19.8. The van der Waals surface area contributed by atoms with Gasteiger partial charge in [-0.05, 0) is 25.1 Å². The Kier molecular flexibility index (Phi) is 4.23. The van der Waals surface area contributed by atoms with E-state index >= 15 is 0 Å². The number of hydrogen-bond donors (Lipinski definition) is 1. The Hall–Kier alpha value is -3.81. The molecule has 0 aliphatic rings. The Bertz CT molecular complexity index is 1300. The van der Waals surface area contributed by atoms with Crippen LogP contribution >= 0.6 is 0 Å². The summed E-state index contributed by atoms with van der Waals surface area (Å²) < 4.78 is 2.79. The van der Waals surface area contributed by atoms with Gasteiger partial charge in [0.15, 0.2) is 5.69 Å². The molecule has 0 aliphatic heterocycles. The van der Waals surface area contributed by atoms with E-state index in [2.05, 4.69) is 15.2 Å². The number of nitrogens with zero attached hydrogens (tertiary/aromatic N) is 5. The number of rotatable bonds is 3. The van der Waals surface area contributed by atoms with Gasteiger partial charge < -0.3 is 9.67 Å². The van der Waals surface area contributed by atoms with E-state index in [0.29, 0.717) is 16.3 Å². The quantitative estimate of drug-likeness (QED) is 0.554. The molecule has 8 heteroatoms. The number of aromatic hydroxyl groups is 1. The normalized spacial score (nSPS) is 12.8. The highest BCUT2D eigenvalue weighted by molar-refractivity contribution is 5.95. The summed E-state index contributed by atoms with van der Waals surface area (Å²) in [6.07, 6.45) is 1.33. The predicted octanol–water partition coefficient (Wildman–Crippen LogP) is 3.47. The van der Waals surface area contributed by atoms with Crippen molar-refractivity contribution >= 4 is 33.4 Å². The molecule has 8 nitrogen and oxygen atoms in total. The molecule has 0 spiro atoms. The van der Waals surface area contributed by atoms with Gasteiger partial charge in [0.25, 0.3) is 11.5 Å². The maximum Gasteiger partial charge on any atom is 0.287 e. The Morgan fingerprint density at radius 1 is 1.11 bits per heavy atom. The summed E-state index contributed by atoms with van der Waals surface area (Å²) in [5, 5.41) is 19.1. The van der Waals surface area contributed by atoms with Crippen molar-refractivity contribution in [1.29, 1.82) is 0 Å². The van der Waals surface area contributed by atoms with Crippen LogP contribution in [0.2, 0.25) is 0 Å². The van der Waals surface area contributed by atoms with Gasteiger partial charge in [-0.1, -0.05) is 30.3 Å². The topological polar surface area (TPSA) is 102 Å². The molecule has 0 unspecified atom stereocenters. The fraction of sp³-hybridized carbons (Fsp3) is 0.150. The standard InChI is InChI=1S/C20H17N5O3/c1-12(25-11-21-15-9-5-3-7-13(15)19(25)27)18(26)23-22-17-14-8-4-6-10-16(14)24(2)20(17)28/h3-12,28H,1-2H3/t12-/m1/s1. The third-order valence-electron chi connectivity index (χ3n) is 4.76. The summed E-state index contributed by atoms with van der Waals surface area (Å²) in [7, 11) is 1.70. The third-order valence-corrected chi connectivity index (χ3v) is 4.76. The lowest BCUT2D eigenvalue weighted by Gasteiger charge is -2.11. The van der Waals surface area contributed by atoms with E-state index in [4.69, 9.17) is 0 Å². The Morgan fingerprint density at radius 3 is 2.57 bits per heavy atom. The van der Waals surface area contributed by atoms with Gasteiger partial charge in [0.05, 0.1) is 22.7 Å². The molecule has 0 bridgehead atoms. The van der Waals surface area contributed by atoms with Crippen LogP contribution in [-0.4, -0.2) is 25.1 Å². The van der Waals surface area contributed by atoms with Gasteiger partial charge in [0.2, 0.25) is 5.88 Å². The highest BCUT2D eigenvalue weighted by atomic mass is 16.3. The van der Waals surface area contributed by atoms with Crippen LogP contribution in [0.1, 0.15) is 13.0 Å². The van der Waals surface area contributed by atoms with Crippen LogP contribution in [0.5, 0.6) is 5.88 Å². The fourth-order valence-corrected chi connectivity index (χ4v) is 3.12. The van der Waals surface area contributed by atoms with Crippen molar-refractivity contribution in [2.45, 2.75) is 13.0 Å². The first-order valence-corrected chi connectivity index (χ1v) is 8.67. The monoisotopic (exact) mass is 375 g/mol. The molecule has 0 saturated heterocycles. The van der Waals surface area contributed by atoms with E-state index in [0.717, 1.165) is 5.52 Å². The van der Waals surface area contributed by atoms with Crippen LogP contribution in [0.25, 0.3) is 21.8 Å². The molecule has 1 atom stereocenters. The van der Waals surface area contributed by atoms with Crippen molar-refractivity contribution < 1.29 is 9.90 Å². The summed E-state index contributed by atoms with van der Waals surface area (Å²) in [6, 6.07) is 13.3. The zero-order valence-corrected chi connectivity index (χ0v) is 15.3. The first-order valence-electron chi connectivity index (χ1n) is 8.67. The van der Waals surface area contributed by atoms with Crippen LogP contribution in [0.4, 0.5) is 5.69 Å². The van der Waals surface area contributed by atoms with Crippen LogP contribution in [0, 0.1) is 0 Å². The molecule has 0 saturated carbocycles. The molecule has 4 rings (SSSR count). The number of carbonyl (C=O) groups is 1. The maximum atomic E-state index is 12.6. The molecule has 0 radical (unpaired) electrons. The van der Waals surface area contributed by atoms with Crippen LogP contribution < -0.4 is 5.56 Å². The lowest BCUT2D eigenvalue weighted by molar-refractivity contribution is -0.121. The highest BCUT2D eigenvalue weighted by Crippen LogP contribution is 2.37. The van der Waals surface area contributed by atoms with Gasteiger partial charge in [0, 0.05) is 12.4 Å². The van der Waals surface area contributed by atoms with Crippen LogP contribution in [-0.2, 0) is 11.8 Å². The van der Waals surface area contributed by atoms with Crippen molar-refractivity contribution in [3.63, 3.8) is 0 Å². The molecular formula is C20H17N5O3. The largest absolute Gasteiger partial charge is 0.493 e. The molecule has 0 aliphatic carbocycles. The van der Waals surface area contributed by atoms with E-state index in [1.54, 1.807) is 48.9 Å². The first kappa shape index (κ1) is 17.6. The number of hydrogen-bond acceptors (Lipinski definition) is 5. The zero-order valence-electron chi connectivity index (χ0n) is 15.3. The van der Waals surface area contributed by atoms with Gasteiger partial charge in [-0.2, -0.15) is 0 Å². The minimum atomic E-state index is -0.884. The molecule has 2 aromatic carbocycles. The van der Waals surface area contributed by atoms with Crippen molar-refractivity contribution in [3.8, 4) is 5.88 Å². The predicted molar refractivity (Wildman–Crippen MR) is 105 cm³/mol. The van der Waals surface area contributed by atoms with Gasteiger partial charge in [-0.3, -0.25) is 14.2 Å². The molecule has 0 fully saturated rings. The van der Waals surface area contributed by atoms with E-state index in [1.165, 1.54) is 10.9 Å². The molecule has 140 valence electrons. The summed E-state index contributed by atoms with van der Waals surface area (Å²) in [4.78, 5) is 29.4. The second-order valence-corrected chi connectivity index (χ2v) is 6.44. The van der Waals surface area contributed by atoms with Crippen molar-refractivity contribution in [1.82, 2.24) is 14.1 Å². The molecule has 1 N–H and O–H groups in total. The second kappa shape index (κ2) is 6.73. The summed E-state index contributed by atoms with van der Waals surface area (Å²) in [6.45, 7) is 1.56.